The van der Waals surface area contributed by atoms with Crippen LogP contribution in [0, 0.1) is 0 Å². The molecule has 0 radical (unpaired) electrons. The second-order valence-electron chi connectivity index (χ2n) is 3.91. The summed E-state index contributed by atoms with van der Waals surface area (Å²) < 4.78 is 24.4. The van der Waals surface area contributed by atoms with Crippen molar-refractivity contribution in [2.45, 2.75) is 10.6 Å². The summed E-state index contributed by atoms with van der Waals surface area (Å²) in [7, 11) is -3.59. The van der Waals surface area contributed by atoms with Gasteiger partial charge in [0.1, 0.15) is 4.88 Å². The summed E-state index contributed by atoms with van der Waals surface area (Å²) in [5, 5.41) is 9.24. The molecule has 0 fully saturated rings. The van der Waals surface area contributed by atoms with E-state index < -0.39 is 15.8 Å². The van der Waals surface area contributed by atoms with E-state index in [1.807, 2.05) is 0 Å². The molecule has 0 aliphatic carbocycles. The van der Waals surface area contributed by atoms with Crippen molar-refractivity contribution in [3.63, 3.8) is 0 Å². The quantitative estimate of drug-likeness (QED) is 0.911. The van der Waals surface area contributed by atoms with Gasteiger partial charge < -0.3 is 5.11 Å². The Morgan fingerprint density at radius 3 is 2.40 bits per heavy atom. The smallest absolute Gasteiger partial charge is 0.345 e. The Labute approximate surface area is 129 Å². The molecule has 1 aromatic carbocycles. The third-order valence-electron chi connectivity index (χ3n) is 2.45. The minimum Gasteiger partial charge on any atom is -0.477 e. The number of carbonyl (C=O) groups is 1. The van der Waals surface area contributed by atoms with Crippen molar-refractivity contribution in [3.05, 3.63) is 50.1 Å². The molecule has 2 aromatic rings. The first-order chi connectivity index (χ1) is 9.29. The second kappa shape index (κ2) is 5.73. The van der Waals surface area contributed by atoms with Crippen molar-refractivity contribution in [2.75, 3.05) is 0 Å². The first-order valence-corrected chi connectivity index (χ1v) is 8.52. The Kier molecular flexibility index (Phi) is 4.39. The van der Waals surface area contributed by atoms with Gasteiger partial charge in [-0.15, -0.1) is 11.3 Å². The molecule has 8 heteroatoms. The third-order valence-corrected chi connectivity index (χ3v) is 6.11. The highest BCUT2D eigenvalue weighted by molar-refractivity contribution is 7.90. The zero-order valence-corrected chi connectivity index (χ0v) is 13.0. The molecule has 0 aliphatic heterocycles. The Balaban J connectivity index is 2.30. The van der Waals surface area contributed by atoms with Gasteiger partial charge in [0.2, 0.25) is 0 Å². The zero-order chi connectivity index (χ0) is 14.9. The number of rotatable bonds is 4. The van der Waals surface area contributed by atoms with Gasteiger partial charge >= 0.3 is 5.97 Å². The fourth-order valence-electron chi connectivity index (χ4n) is 1.51. The van der Waals surface area contributed by atoms with Gasteiger partial charge in [-0.05, 0) is 30.3 Å². The molecule has 0 atom stereocenters. The van der Waals surface area contributed by atoms with Gasteiger partial charge in [-0.1, -0.05) is 23.2 Å². The standard InChI is InChI=1S/C12H8Cl2O4S2/c13-9-3-2-8(5-10(9)14)20(17,18)6-7-1-4-11(19-7)12(15)16/h1-5H,6H2,(H,15,16). The lowest BCUT2D eigenvalue weighted by Gasteiger charge is -2.04. The van der Waals surface area contributed by atoms with Gasteiger partial charge in [-0.3, -0.25) is 0 Å². The topological polar surface area (TPSA) is 71.4 Å². The van der Waals surface area contributed by atoms with Crippen molar-refractivity contribution < 1.29 is 18.3 Å². The van der Waals surface area contributed by atoms with E-state index in [1.54, 1.807) is 0 Å². The van der Waals surface area contributed by atoms with Crippen LogP contribution in [0.2, 0.25) is 10.0 Å². The predicted octanol–water partition coefficient (Wildman–Crippen LogP) is 3.73. The molecule has 1 N–H and O–H groups in total. The maximum absolute atomic E-state index is 12.2. The molecule has 1 heterocycles. The average molecular weight is 351 g/mol. The number of hydrogen-bond donors (Lipinski definition) is 1. The fourth-order valence-corrected chi connectivity index (χ4v) is 4.43. The van der Waals surface area contributed by atoms with Crippen molar-refractivity contribution in [3.8, 4) is 0 Å². The lowest BCUT2D eigenvalue weighted by atomic mass is 10.4. The lowest BCUT2D eigenvalue weighted by Crippen LogP contribution is -2.03. The van der Waals surface area contributed by atoms with Crippen molar-refractivity contribution >= 4 is 50.3 Å². The number of aromatic carboxylic acids is 1. The van der Waals surface area contributed by atoms with Crippen LogP contribution in [-0.2, 0) is 15.6 Å². The second-order valence-corrected chi connectivity index (χ2v) is 7.88. The highest BCUT2D eigenvalue weighted by Gasteiger charge is 2.18. The molecule has 2 rings (SSSR count). The summed E-state index contributed by atoms with van der Waals surface area (Å²) >= 11 is 12.5. The monoisotopic (exact) mass is 350 g/mol. The van der Waals surface area contributed by atoms with Crippen molar-refractivity contribution in [2.24, 2.45) is 0 Å². The largest absolute Gasteiger partial charge is 0.477 e. The van der Waals surface area contributed by atoms with Gasteiger partial charge in [-0.2, -0.15) is 0 Å². The van der Waals surface area contributed by atoms with E-state index in [0.717, 1.165) is 11.3 Å². The highest BCUT2D eigenvalue weighted by atomic mass is 35.5. The fraction of sp³-hybridized carbons (Fsp3) is 0.0833. The lowest BCUT2D eigenvalue weighted by molar-refractivity contribution is 0.0702. The van der Waals surface area contributed by atoms with Crippen LogP contribution in [-0.4, -0.2) is 19.5 Å². The van der Waals surface area contributed by atoms with Gasteiger partial charge in [-0.25, -0.2) is 13.2 Å². The first-order valence-electron chi connectivity index (χ1n) is 5.29. The Hall–Kier alpha value is -1.08. The molecule has 1 aromatic heterocycles. The molecular formula is C12H8Cl2O4S2. The van der Waals surface area contributed by atoms with E-state index in [-0.39, 0.29) is 25.6 Å². The molecule has 0 saturated heterocycles. The molecule has 0 saturated carbocycles. The molecule has 0 unspecified atom stereocenters. The van der Waals surface area contributed by atoms with Gasteiger partial charge in [0, 0.05) is 4.88 Å². The Morgan fingerprint density at radius 2 is 1.85 bits per heavy atom. The maximum Gasteiger partial charge on any atom is 0.345 e. The summed E-state index contributed by atoms with van der Waals surface area (Å²) in [6.45, 7) is 0. The summed E-state index contributed by atoms with van der Waals surface area (Å²) in [6, 6.07) is 6.93. The molecule has 4 nitrogen and oxygen atoms in total. The van der Waals surface area contributed by atoms with Gasteiger partial charge in [0.15, 0.2) is 9.84 Å². The van der Waals surface area contributed by atoms with E-state index in [4.69, 9.17) is 28.3 Å². The molecule has 0 amide bonds. The van der Waals surface area contributed by atoms with Crippen LogP contribution in [0.5, 0.6) is 0 Å². The number of carboxylic acids is 1. The average Bonchev–Trinajstić information content (AvgIpc) is 2.80. The van der Waals surface area contributed by atoms with E-state index in [9.17, 15) is 13.2 Å². The summed E-state index contributed by atoms with van der Waals surface area (Å²) in [6.07, 6.45) is 0. The summed E-state index contributed by atoms with van der Waals surface area (Å²) in [4.78, 5) is 11.4. The molecule has 106 valence electrons. The molecule has 0 aliphatic rings. The van der Waals surface area contributed by atoms with E-state index in [2.05, 4.69) is 0 Å². The van der Waals surface area contributed by atoms with E-state index >= 15 is 0 Å². The molecular weight excluding hydrogens is 343 g/mol. The van der Waals surface area contributed by atoms with Crippen LogP contribution in [0.25, 0.3) is 0 Å². The molecule has 0 spiro atoms. The maximum atomic E-state index is 12.2. The molecule has 20 heavy (non-hydrogen) atoms. The predicted molar refractivity (Wildman–Crippen MR) is 78.6 cm³/mol. The van der Waals surface area contributed by atoms with E-state index in [0.29, 0.717) is 4.88 Å². The van der Waals surface area contributed by atoms with Crippen LogP contribution in [0.15, 0.2) is 35.2 Å². The SMILES string of the molecule is O=C(O)c1ccc(CS(=O)(=O)c2ccc(Cl)c(Cl)c2)s1. The normalized spacial score (nSPS) is 11.5. The van der Waals surface area contributed by atoms with Crippen LogP contribution < -0.4 is 0 Å². The van der Waals surface area contributed by atoms with Crippen molar-refractivity contribution in [1.82, 2.24) is 0 Å². The number of carboxylic acid groups (broad SMARTS) is 1. The Morgan fingerprint density at radius 1 is 1.15 bits per heavy atom. The number of thiophene rings is 1. The van der Waals surface area contributed by atoms with Crippen LogP contribution in [0.4, 0.5) is 0 Å². The Bertz CT molecular complexity index is 766. The highest BCUT2D eigenvalue weighted by Crippen LogP contribution is 2.28. The minimum atomic E-state index is -3.59. The summed E-state index contributed by atoms with van der Waals surface area (Å²) in [5.41, 5.74) is 0. The summed E-state index contributed by atoms with van der Waals surface area (Å²) in [5.74, 6) is -1.35. The molecule has 0 bridgehead atoms. The van der Waals surface area contributed by atoms with Gasteiger partial charge in [0.25, 0.3) is 0 Å². The van der Waals surface area contributed by atoms with Crippen LogP contribution in [0.1, 0.15) is 14.5 Å². The van der Waals surface area contributed by atoms with Crippen LogP contribution in [0.3, 0.4) is 0 Å². The van der Waals surface area contributed by atoms with E-state index in [1.165, 1.54) is 30.3 Å². The van der Waals surface area contributed by atoms with Gasteiger partial charge in [0.05, 0.1) is 20.7 Å². The number of hydrogen-bond acceptors (Lipinski definition) is 4. The van der Waals surface area contributed by atoms with Crippen molar-refractivity contribution in [1.29, 1.82) is 0 Å². The number of sulfone groups is 1. The number of halogens is 2. The minimum absolute atomic E-state index is 0.0529. The third kappa shape index (κ3) is 3.32. The first kappa shape index (κ1) is 15.3. The zero-order valence-electron chi connectivity index (χ0n) is 9.84. The number of benzene rings is 1. The van der Waals surface area contributed by atoms with Crippen LogP contribution >= 0.6 is 34.5 Å².